The summed E-state index contributed by atoms with van der Waals surface area (Å²) in [4.78, 5) is 11.2. The fourth-order valence-electron chi connectivity index (χ4n) is 2.12. The van der Waals surface area contributed by atoms with Gasteiger partial charge < -0.3 is 19.9 Å². The molecule has 15 heavy (non-hydrogen) atoms. The number of rotatable bonds is 2. The second-order valence-electron chi connectivity index (χ2n) is 4.41. The number of carbonyl (C=O) groups excluding carboxylic acids is 1. The lowest BCUT2D eigenvalue weighted by molar-refractivity contribution is -0.122. The van der Waals surface area contributed by atoms with Gasteiger partial charge in [-0.3, -0.25) is 4.79 Å². The van der Waals surface area contributed by atoms with Crippen LogP contribution in [-0.2, 0) is 14.3 Å². The number of fused-ring (bicyclic) bond motifs is 1. The standard InChI is InChI=1S/C10H17NO4/c1-3-7(12)11-6-4-14-9-8(6)15-5-10(9,2)13/h6,8-9,13H,3-5H2,1-2H3,(H,11,12). The molecule has 5 heteroatoms. The second kappa shape index (κ2) is 3.73. The van der Waals surface area contributed by atoms with Crippen LogP contribution in [0, 0.1) is 0 Å². The van der Waals surface area contributed by atoms with Gasteiger partial charge in [0.05, 0.1) is 19.3 Å². The van der Waals surface area contributed by atoms with E-state index in [0.717, 1.165) is 0 Å². The molecule has 0 aromatic carbocycles. The fourth-order valence-corrected chi connectivity index (χ4v) is 2.12. The van der Waals surface area contributed by atoms with Crippen molar-refractivity contribution in [2.45, 2.75) is 44.1 Å². The van der Waals surface area contributed by atoms with Gasteiger partial charge in [-0.2, -0.15) is 0 Å². The van der Waals surface area contributed by atoms with Crippen molar-refractivity contribution in [1.29, 1.82) is 0 Å². The van der Waals surface area contributed by atoms with E-state index < -0.39 is 5.60 Å². The van der Waals surface area contributed by atoms with E-state index >= 15 is 0 Å². The van der Waals surface area contributed by atoms with Crippen LogP contribution in [0.5, 0.6) is 0 Å². The highest BCUT2D eigenvalue weighted by Crippen LogP contribution is 2.33. The van der Waals surface area contributed by atoms with Gasteiger partial charge in [-0.1, -0.05) is 6.92 Å². The van der Waals surface area contributed by atoms with Crippen LogP contribution in [0.1, 0.15) is 20.3 Å². The number of amides is 1. The van der Waals surface area contributed by atoms with Crippen LogP contribution in [0.25, 0.3) is 0 Å². The second-order valence-corrected chi connectivity index (χ2v) is 4.41. The summed E-state index contributed by atoms with van der Waals surface area (Å²) in [5, 5.41) is 12.7. The lowest BCUT2D eigenvalue weighted by Crippen LogP contribution is -2.45. The van der Waals surface area contributed by atoms with Gasteiger partial charge in [-0.15, -0.1) is 0 Å². The normalized spacial score (nSPS) is 44.1. The first-order chi connectivity index (χ1) is 7.04. The SMILES string of the molecule is CCC(=O)NC1COC2C1OCC2(C)O. The smallest absolute Gasteiger partial charge is 0.220 e. The number of aliphatic hydroxyl groups is 1. The zero-order chi connectivity index (χ0) is 11.1. The number of ether oxygens (including phenoxy) is 2. The average Bonchev–Trinajstić information content (AvgIpc) is 2.70. The summed E-state index contributed by atoms with van der Waals surface area (Å²) >= 11 is 0. The van der Waals surface area contributed by atoms with Crippen LogP contribution in [0.4, 0.5) is 0 Å². The third kappa shape index (κ3) is 1.87. The first kappa shape index (κ1) is 10.9. The van der Waals surface area contributed by atoms with Crippen molar-refractivity contribution in [3.8, 4) is 0 Å². The molecule has 86 valence electrons. The molecule has 0 aromatic rings. The molecule has 2 aliphatic rings. The average molecular weight is 215 g/mol. The Kier molecular flexibility index (Phi) is 2.70. The minimum atomic E-state index is -0.934. The number of nitrogens with one attached hydrogen (secondary N) is 1. The molecule has 2 N–H and O–H groups in total. The van der Waals surface area contributed by atoms with Gasteiger partial charge in [0.2, 0.25) is 5.91 Å². The highest BCUT2D eigenvalue weighted by Gasteiger charge is 2.53. The number of carbonyl (C=O) groups is 1. The summed E-state index contributed by atoms with van der Waals surface area (Å²) in [6.45, 7) is 4.17. The third-order valence-electron chi connectivity index (χ3n) is 3.00. The molecule has 4 atom stereocenters. The van der Waals surface area contributed by atoms with Crippen molar-refractivity contribution in [1.82, 2.24) is 5.32 Å². The maximum atomic E-state index is 11.2. The van der Waals surface area contributed by atoms with E-state index in [2.05, 4.69) is 5.32 Å². The molecule has 5 nitrogen and oxygen atoms in total. The Labute approximate surface area is 88.7 Å². The lowest BCUT2D eigenvalue weighted by Gasteiger charge is -2.21. The predicted molar refractivity (Wildman–Crippen MR) is 52.3 cm³/mol. The highest BCUT2D eigenvalue weighted by atomic mass is 16.6. The largest absolute Gasteiger partial charge is 0.385 e. The van der Waals surface area contributed by atoms with E-state index in [-0.39, 0.29) is 30.8 Å². The van der Waals surface area contributed by atoms with Gasteiger partial charge in [0.15, 0.2) is 0 Å². The van der Waals surface area contributed by atoms with Crippen LogP contribution in [0.3, 0.4) is 0 Å². The molecule has 2 heterocycles. The molecule has 4 unspecified atom stereocenters. The third-order valence-corrected chi connectivity index (χ3v) is 3.00. The van der Waals surface area contributed by atoms with E-state index in [1.807, 2.05) is 0 Å². The molecule has 0 spiro atoms. The molecular weight excluding hydrogens is 198 g/mol. The summed E-state index contributed by atoms with van der Waals surface area (Å²) in [7, 11) is 0. The molecule has 0 radical (unpaired) electrons. The zero-order valence-corrected chi connectivity index (χ0v) is 9.03. The fraction of sp³-hybridized carbons (Fsp3) is 0.900. The molecule has 0 bridgehead atoms. The highest BCUT2D eigenvalue weighted by molar-refractivity contribution is 5.76. The quantitative estimate of drug-likeness (QED) is 0.647. The van der Waals surface area contributed by atoms with Crippen molar-refractivity contribution in [2.75, 3.05) is 13.2 Å². The predicted octanol–water partition coefficient (Wildman–Crippen LogP) is -0.570. The molecule has 2 aliphatic heterocycles. The van der Waals surface area contributed by atoms with Gasteiger partial charge in [0.1, 0.15) is 17.8 Å². The molecular formula is C10H17NO4. The number of hydrogen-bond acceptors (Lipinski definition) is 4. The van der Waals surface area contributed by atoms with Crippen molar-refractivity contribution >= 4 is 5.91 Å². The molecule has 2 fully saturated rings. The zero-order valence-electron chi connectivity index (χ0n) is 9.03. The first-order valence-electron chi connectivity index (χ1n) is 5.29. The molecule has 2 saturated heterocycles. The molecule has 1 amide bonds. The summed E-state index contributed by atoms with van der Waals surface area (Å²) in [5.74, 6) is -0.0145. The van der Waals surface area contributed by atoms with Crippen LogP contribution >= 0.6 is 0 Å². The molecule has 2 rings (SSSR count). The molecule has 0 aliphatic carbocycles. The minimum absolute atomic E-state index is 0.0145. The summed E-state index contributed by atoms with van der Waals surface area (Å²) < 4.78 is 10.9. The van der Waals surface area contributed by atoms with Crippen molar-refractivity contribution < 1.29 is 19.4 Å². The maximum absolute atomic E-state index is 11.2. The minimum Gasteiger partial charge on any atom is -0.385 e. The van der Waals surface area contributed by atoms with Crippen LogP contribution in [0.15, 0.2) is 0 Å². The van der Waals surface area contributed by atoms with E-state index in [1.165, 1.54) is 0 Å². The van der Waals surface area contributed by atoms with Gasteiger partial charge in [-0.25, -0.2) is 0 Å². The van der Waals surface area contributed by atoms with Crippen LogP contribution in [0.2, 0.25) is 0 Å². The topological polar surface area (TPSA) is 67.8 Å². The maximum Gasteiger partial charge on any atom is 0.220 e. The molecule has 0 saturated carbocycles. The summed E-state index contributed by atoms with van der Waals surface area (Å²) in [6, 6.07) is -0.128. The Balaban J connectivity index is 1.99. The first-order valence-corrected chi connectivity index (χ1v) is 5.29. The summed E-state index contributed by atoms with van der Waals surface area (Å²) in [6.07, 6.45) is -0.0836. The van der Waals surface area contributed by atoms with E-state index in [0.29, 0.717) is 13.0 Å². The van der Waals surface area contributed by atoms with Gasteiger partial charge in [0, 0.05) is 6.42 Å². The van der Waals surface area contributed by atoms with E-state index in [1.54, 1.807) is 13.8 Å². The lowest BCUT2D eigenvalue weighted by atomic mass is 9.98. The number of hydrogen-bond donors (Lipinski definition) is 2. The van der Waals surface area contributed by atoms with Crippen molar-refractivity contribution in [3.63, 3.8) is 0 Å². The Morgan fingerprint density at radius 1 is 1.60 bits per heavy atom. The Morgan fingerprint density at radius 3 is 3.00 bits per heavy atom. The Bertz CT molecular complexity index is 266. The Hall–Kier alpha value is -0.650. The van der Waals surface area contributed by atoms with Crippen LogP contribution in [-0.4, -0.2) is 48.1 Å². The van der Waals surface area contributed by atoms with Gasteiger partial charge >= 0.3 is 0 Å². The van der Waals surface area contributed by atoms with Crippen LogP contribution < -0.4 is 5.32 Å². The van der Waals surface area contributed by atoms with Gasteiger partial charge in [0.25, 0.3) is 0 Å². The van der Waals surface area contributed by atoms with E-state index in [4.69, 9.17) is 9.47 Å². The van der Waals surface area contributed by atoms with E-state index in [9.17, 15) is 9.90 Å². The summed E-state index contributed by atoms with van der Waals surface area (Å²) in [5.41, 5.74) is -0.934. The Morgan fingerprint density at radius 2 is 2.33 bits per heavy atom. The van der Waals surface area contributed by atoms with Crippen molar-refractivity contribution in [2.24, 2.45) is 0 Å². The van der Waals surface area contributed by atoms with Gasteiger partial charge in [-0.05, 0) is 6.92 Å². The van der Waals surface area contributed by atoms with Crippen molar-refractivity contribution in [3.05, 3.63) is 0 Å². The monoisotopic (exact) mass is 215 g/mol. The molecule has 0 aromatic heterocycles.